The topological polar surface area (TPSA) is 125 Å². The van der Waals surface area contributed by atoms with Gasteiger partial charge in [0, 0.05) is 36.4 Å². The second-order valence-electron chi connectivity index (χ2n) is 5.72. The van der Waals surface area contributed by atoms with Crippen LogP contribution in [0.3, 0.4) is 0 Å². The standard InChI is InChI=1S/C17H17N7O/c18-17-20-14-7-10(11-3-5-19-9-11)1-2-13(14)16(22-17)21-15-8-12(4-6-25)23-24-15/h1-3,5,7-8,25H,4,6,9H2,(H4,18,20,21,22,23,24). The second kappa shape index (κ2) is 6.33. The first kappa shape index (κ1) is 15.3. The molecule has 0 bridgehead atoms. The van der Waals surface area contributed by atoms with Crippen LogP contribution in [0.15, 0.2) is 35.3 Å². The van der Waals surface area contributed by atoms with Crippen LogP contribution in [0.1, 0.15) is 11.3 Å². The number of allylic oxidation sites excluding steroid dienone is 1. The van der Waals surface area contributed by atoms with Crippen LogP contribution in [0, 0.1) is 0 Å². The van der Waals surface area contributed by atoms with Crippen LogP contribution in [0.4, 0.5) is 17.6 Å². The molecule has 1 aromatic carbocycles. The fourth-order valence-corrected chi connectivity index (χ4v) is 2.77. The summed E-state index contributed by atoms with van der Waals surface area (Å²) in [4.78, 5) is 12.8. The minimum absolute atomic E-state index is 0.0629. The number of nitrogens with two attached hydrogens (primary N) is 1. The van der Waals surface area contributed by atoms with E-state index in [9.17, 15) is 0 Å². The molecule has 25 heavy (non-hydrogen) atoms. The molecule has 0 aliphatic carbocycles. The molecule has 4 rings (SSSR count). The van der Waals surface area contributed by atoms with Gasteiger partial charge in [0.15, 0.2) is 5.82 Å². The highest BCUT2D eigenvalue weighted by molar-refractivity contribution is 5.96. The van der Waals surface area contributed by atoms with E-state index in [-0.39, 0.29) is 12.6 Å². The van der Waals surface area contributed by atoms with E-state index in [4.69, 9.17) is 10.8 Å². The number of aromatic nitrogens is 4. The quantitative estimate of drug-likeness (QED) is 0.562. The van der Waals surface area contributed by atoms with E-state index < -0.39 is 0 Å². The van der Waals surface area contributed by atoms with Crippen molar-refractivity contribution < 1.29 is 5.11 Å². The minimum Gasteiger partial charge on any atom is -0.396 e. The summed E-state index contributed by atoms with van der Waals surface area (Å²) in [6, 6.07) is 7.80. The van der Waals surface area contributed by atoms with Crippen LogP contribution >= 0.6 is 0 Å². The van der Waals surface area contributed by atoms with Gasteiger partial charge < -0.3 is 16.2 Å². The molecule has 1 aliphatic rings. The third-order valence-corrected chi connectivity index (χ3v) is 3.99. The number of nitrogens with one attached hydrogen (secondary N) is 2. The molecule has 0 amide bonds. The van der Waals surface area contributed by atoms with E-state index in [0.29, 0.717) is 24.6 Å². The molecule has 3 heterocycles. The van der Waals surface area contributed by atoms with Crippen molar-refractivity contribution in [2.24, 2.45) is 4.99 Å². The summed E-state index contributed by atoms with van der Waals surface area (Å²) in [5.41, 5.74) is 9.68. The average molecular weight is 335 g/mol. The van der Waals surface area contributed by atoms with Gasteiger partial charge in [-0.25, -0.2) is 4.98 Å². The lowest BCUT2D eigenvalue weighted by molar-refractivity contribution is 0.298. The number of fused-ring (bicyclic) bond motifs is 1. The van der Waals surface area contributed by atoms with Crippen LogP contribution < -0.4 is 11.1 Å². The zero-order valence-electron chi connectivity index (χ0n) is 13.4. The van der Waals surface area contributed by atoms with E-state index in [0.717, 1.165) is 27.7 Å². The largest absolute Gasteiger partial charge is 0.396 e. The van der Waals surface area contributed by atoms with E-state index in [2.05, 4.69) is 30.5 Å². The molecule has 1 aliphatic heterocycles. The highest BCUT2D eigenvalue weighted by atomic mass is 16.3. The van der Waals surface area contributed by atoms with Crippen molar-refractivity contribution in [3.8, 4) is 0 Å². The number of hydrogen-bond donors (Lipinski definition) is 4. The number of hydrogen-bond acceptors (Lipinski definition) is 7. The molecule has 0 fully saturated rings. The lowest BCUT2D eigenvalue weighted by Gasteiger charge is -2.09. The van der Waals surface area contributed by atoms with Crippen molar-refractivity contribution in [3.05, 3.63) is 41.6 Å². The Kier molecular flexibility index (Phi) is 3.87. The predicted molar refractivity (Wildman–Crippen MR) is 97.9 cm³/mol. The van der Waals surface area contributed by atoms with E-state index in [1.807, 2.05) is 36.6 Å². The van der Waals surface area contributed by atoms with Crippen molar-refractivity contribution >= 4 is 40.3 Å². The van der Waals surface area contributed by atoms with Gasteiger partial charge in [0.1, 0.15) is 5.82 Å². The third-order valence-electron chi connectivity index (χ3n) is 3.99. The highest BCUT2D eigenvalue weighted by Gasteiger charge is 2.11. The first-order valence-electron chi connectivity index (χ1n) is 7.92. The summed E-state index contributed by atoms with van der Waals surface area (Å²) >= 11 is 0. The predicted octanol–water partition coefficient (Wildman–Crippen LogP) is 1.68. The molecule has 0 radical (unpaired) electrons. The van der Waals surface area contributed by atoms with Gasteiger partial charge in [-0.1, -0.05) is 6.07 Å². The van der Waals surface area contributed by atoms with Crippen molar-refractivity contribution in [1.82, 2.24) is 20.2 Å². The van der Waals surface area contributed by atoms with Crippen LogP contribution in [0.25, 0.3) is 16.5 Å². The number of rotatable bonds is 5. The zero-order valence-corrected chi connectivity index (χ0v) is 13.4. The lowest BCUT2D eigenvalue weighted by atomic mass is 10.0. The maximum Gasteiger partial charge on any atom is 0.222 e. The summed E-state index contributed by atoms with van der Waals surface area (Å²) < 4.78 is 0. The number of benzene rings is 1. The molecule has 8 heteroatoms. The normalized spacial score (nSPS) is 13.4. The van der Waals surface area contributed by atoms with Gasteiger partial charge in [-0.3, -0.25) is 10.1 Å². The molecule has 126 valence electrons. The third kappa shape index (κ3) is 3.07. The van der Waals surface area contributed by atoms with Gasteiger partial charge in [0.25, 0.3) is 0 Å². The lowest BCUT2D eigenvalue weighted by Crippen LogP contribution is -2.02. The number of aromatic amines is 1. The van der Waals surface area contributed by atoms with Crippen molar-refractivity contribution in [3.63, 3.8) is 0 Å². The fraction of sp³-hybridized carbons (Fsp3) is 0.176. The number of nitrogen functional groups attached to an aromatic ring is 1. The van der Waals surface area contributed by atoms with Gasteiger partial charge in [-0.2, -0.15) is 10.1 Å². The van der Waals surface area contributed by atoms with Gasteiger partial charge >= 0.3 is 0 Å². The molecule has 8 nitrogen and oxygen atoms in total. The Morgan fingerprint density at radius 2 is 2.16 bits per heavy atom. The first-order valence-corrected chi connectivity index (χ1v) is 7.92. The number of aliphatic hydroxyl groups excluding tert-OH is 1. The fourth-order valence-electron chi connectivity index (χ4n) is 2.77. The van der Waals surface area contributed by atoms with E-state index in [1.165, 1.54) is 0 Å². The van der Waals surface area contributed by atoms with E-state index in [1.54, 1.807) is 0 Å². The van der Waals surface area contributed by atoms with Crippen molar-refractivity contribution in [1.29, 1.82) is 0 Å². The second-order valence-corrected chi connectivity index (χ2v) is 5.72. The SMILES string of the molecule is Nc1nc(Nc2cc(CCO)[nH]n2)c2ccc(C3=CC=NC3)cc2n1. The summed E-state index contributed by atoms with van der Waals surface area (Å²) in [7, 11) is 0. The highest BCUT2D eigenvalue weighted by Crippen LogP contribution is 2.27. The Hall–Kier alpha value is -3.26. The van der Waals surface area contributed by atoms with Crippen molar-refractivity contribution in [2.45, 2.75) is 6.42 Å². The first-order chi connectivity index (χ1) is 12.2. The molecular weight excluding hydrogens is 318 g/mol. The Labute approximate surface area is 143 Å². The molecule has 0 atom stereocenters. The summed E-state index contributed by atoms with van der Waals surface area (Å²) in [5, 5.41) is 20.0. The van der Waals surface area contributed by atoms with Crippen molar-refractivity contribution in [2.75, 3.05) is 24.2 Å². The molecular formula is C17H17N7O. The molecule has 0 saturated heterocycles. The van der Waals surface area contributed by atoms with Crippen LogP contribution in [-0.4, -0.2) is 44.6 Å². The molecule has 2 aromatic heterocycles. The zero-order chi connectivity index (χ0) is 17.2. The van der Waals surface area contributed by atoms with Crippen LogP contribution in [0.5, 0.6) is 0 Å². The van der Waals surface area contributed by atoms with Gasteiger partial charge in [-0.15, -0.1) is 0 Å². The molecule has 0 spiro atoms. The summed E-state index contributed by atoms with van der Waals surface area (Å²) in [5.74, 6) is 1.39. The Morgan fingerprint density at radius 1 is 1.24 bits per heavy atom. The van der Waals surface area contributed by atoms with Gasteiger partial charge in [-0.05, 0) is 29.3 Å². The number of nitrogens with zero attached hydrogens (tertiary/aromatic N) is 4. The summed E-state index contributed by atoms with van der Waals surface area (Å²) in [6.07, 6.45) is 4.32. The summed E-state index contributed by atoms with van der Waals surface area (Å²) in [6.45, 7) is 0.742. The molecule has 0 unspecified atom stereocenters. The number of H-pyrrole nitrogens is 1. The molecule has 0 saturated carbocycles. The smallest absolute Gasteiger partial charge is 0.222 e. The minimum atomic E-state index is 0.0629. The Bertz CT molecular complexity index is 990. The van der Waals surface area contributed by atoms with Gasteiger partial charge in [0.2, 0.25) is 5.95 Å². The maximum absolute atomic E-state index is 8.99. The Balaban J connectivity index is 1.70. The monoisotopic (exact) mass is 335 g/mol. The van der Waals surface area contributed by atoms with Gasteiger partial charge in [0.05, 0.1) is 12.1 Å². The maximum atomic E-state index is 8.99. The molecule has 3 aromatic rings. The molecule has 5 N–H and O–H groups in total. The van der Waals surface area contributed by atoms with E-state index >= 15 is 0 Å². The van der Waals surface area contributed by atoms with Crippen LogP contribution in [0.2, 0.25) is 0 Å². The number of aliphatic imine (C=N–C) groups is 1. The number of anilines is 3. The Morgan fingerprint density at radius 3 is 2.96 bits per heavy atom. The number of aliphatic hydroxyl groups is 1. The average Bonchev–Trinajstić information content (AvgIpc) is 3.26. The van der Waals surface area contributed by atoms with Crippen LogP contribution in [-0.2, 0) is 6.42 Å².